The zero-order valence-corrected chi connectivity index (χ0v) is 9.90. The summed E-state index contributed by atoms with van der Waals surface area (Å²) in [6, 6.07) is 13.0. The van der Waals surface area contributed by atoms with Gasteiger partial charge in [0.25, 0.3) is 0 Å². The van der Waals surface area contributed by atoms with Crippen LogP contribution < -0.4 is 5.32 Å². The molecule has 0 amide bonds. The molecule has 16 heavy (non-hydrogen) atoms. The van der Waals surface area contributed by atoms with Crippen LogP contribution in [0.2, 0.25) is 0 Å². The molecule has 0 aliphatic rings. The molecule has 0 aliphatic carbocycles. The minimum Gasteiger partial charge on any atom is -0.346 e. The van der Waals surface area contributed by atoms with Crippen molar-refractivity contribution in [1.82, 2.24) is 9.88 Å². The lowest BCUT2D eigenvalue weighted by atomic mass is 10.1. The quantitative estimate of drug-likeness (QED) is 0.827. The van der Waals surface area contributed by atoms with E-state index in [-0.39, 0.29) is 0 Å². The summed E-state index contributed by atoms with van der Waals surface area (Å²) >= 11 is 0. The highest BCUT2D eigenvalue weighted by Gasteiger charge is 2.00. The van der Waals surface area contributed by atoms with Gasteiger partial charge in [0.05, 0.1) is 0 Å². The van der Waals surface area contributed by atoms with Crippen molar-refractivity contribution in [2.75, 3.05) is 7.05 Å². The average molecular weight is 214 g/mol. The second-order valence-electron chi connectivity index (χ2n) is 4.14. The molecule has 1 aromatic heterocycles. The van der Waals surface area contributed by atoms with Gasteiger partial charge in [0.1, 0.15) is 0 Å². The summed E-state index contributed by atoms with van der Waals surface area (Å²) in [6.07, 6.45) is 2.13. The molecule has 0 bridgehead atoms. The van der Waals surface area contributed by atoms with E-state index in [0.717, 1.165) is 13.1 Å². The molecule has 2 rings (SSSR count). The standard InChI is InChI=1S/C14H18N2/c1-12-5-7-13(8-6-12)11-16-9-3-4-14(16)10-15-2/h3-9,15H,10-11H2,1-2H3. The number of nitrogens with zero attached hydrogens (tertiary/aromatic N) is 1. The topological polar surface area (TPSA) is 17.0 Å². The van der Waals surface area contributed by atoms with E-state index in [1.807, 2.05) is 7.05 Å². The molecular weight excluding hydrogens is 196 g/mol. The van der Waals surface area contributed by atoms with Gasteiger partial charge in [0.15, 0.2) is 0 Å². The van der Waals surface area contributed by atoms with Crippen LogP contribution in [0.25, 0.3) is 0 Å². The Kier molecular flexibility index (Phi) is 3.42. The minimum absolute atomic E-state index is 0.916. The van der Waals surface area contributed by atoms with Crippen LogP contribution in [0.5, 0.6) is 0 Å². The second-order valence-corrected chi connectivity index (χ2v) is 4.14. The van der Waals surface area contributed by atoms with Gasteiger partial charge in [-0.2, -0.15) is 0 Å². The summed E-state index contributed by atoms with van der Waals surface area (Å²) in [5.41, 5.74) is 3.98. The summed E-state index contributed by atoms with van der Waals surface area (Å²) in [5.74, 6) is 0. The van der Waals surface area contributed by atoms with Crippen LogP contribution in [0.1, 0.15) is 16.8 Å². The van der Waals surface area contributed by atoms with E-state index in [1.165, 1.54) is 16.8 Å². The van der Waals surface area contributed by atoms with Gasteiger partial charge in [-0.3, -0.25) is 0 Å². The number of hydrogen-bond acceptors (Lipinski definition) is 1. The first-order valence-corrected chi connectivity index (χ1v) is 5.64. The third kappa shape index (κ3) is 2.52. The number of rotatable bonds is 4. The zero-order chi connectivity index (χ0) is 11.4. The van der Waals surface area contributed by atoms with Crippen molar-refractivity contribution in [3.05, 3.63) is 59.4 Å². The molecule has 0 radical (unpaired) electrons. The van der Waals surface area contributed by atoms with Crippen molar-refractivity contribution < 1.29 is 0 Å². The third-order valence-electron chi connectivity index (χ3n) is 2.75. The fourth-order valence-electron chi connectivity index (χ4n) is 1.84. The van der Waals surface area contributed by atoms with E-state index in [4.69, 9.17) is 0 Å². The minimum atomic E-state index is 0.916. The van der Waals surface area contributed by atoms with Gasteiger partial charge in [-0.05, 0) is 31.7 Å². The van der Waals surface area contributed by atoms with Crippen LogP contribution in [0.15, 0.2) is 42.6 Å². The summed E-state index contributed by atoms with van der Waals surface area (Å²) in [5, 5.41) is 3.18. The van der Waals surface area contributed by atoms with Gasteiger partial charge in [0.2, 0.25) is 0 Å². The molecule has 1 heterocycles. The maximum Gasteiger partial charge on any atom is 0.0473 e. The molecule has 0 unspecified atom stereocenters. The van der Waals surface area contributed by atoms with E-state index < -0.39 is 0 Å². The fraction of sp³-hybridized carbons (Fsp3) is 0.286. The first-order valence-electron chi connectivity index (χ1n) is 5.64. The zero-order valence-electron chi connectivity index (χ0n) is 9.90. The van der Waals surface area contributed by atoms with Crippen LogP contribution >= 0.6 is 0 Å². The van der Waals surface area contributed by atoms with E-state index in [9.17, 15) is 0 Å². The van der Waals surface area contributed by atoms with Crippen LogP contribution in [-0.2, 0) is 13.1 Å². The van der Waals surface area contributed by atoms with Gasteiger partial charge >= 0.3 is 0 Å². The molecule has 0 fully saturated rings. The van der Waals surface area contributed by atoms with Crippen molar-refractivity contribution >= 4 is 0 Å². The number of benzene rings is 1. The summed E-state index contributed by atoms with van der Waals surface area (Å²) in [4.78, 5) is 0. The monoisotopic (exact) mass is 214 g/mol. The van der Waals surface area contributed by atoms with Gasteiger partial charge in [-0.25, -0.2) is 0 Å². The summed E-state index contributed by atoms with van der Waals surface area (Å²) < 4.78 is 2.28. The number of aromatic nitrogens is 1. The Morgan fingerprint density at radius 3 is 2.56 bits per heavy atom. The summed E-state index contributed by atoms with van der Waals surface area (Å²) in [6.45, 7) is 3.98. The molecule has 2 heteroatoms. The Morgan fingerprint density at radius 1 is 1.12 bits per heavy atom. The first-order chi connectivity index (χ1) is 7.79. The van der Waals surface area contributed by atoms with Crippen LogP contribution in [0.4, 0.5) is 0 Å². The Balaban J connectivity index is 2.13. The largest absolute Gasteiger partial charge is 0.346 e. The smallest absolute Gasteiger partial charge is 0.0473 e. The summed E-state index contributed by atoms with van der Waals surface area (Å²) in [7, 11) is 1.98. The maximum atomic E-state index is 3.18. The maximum absolute atomic E-state index is 3.18. The second kappa shape index (κ2) is 4.99. The SMILES string of the molecule is CNCc1cccn1Cc1ccc(C)cc1. The highest BCUT2D eigenvalue weighted by Crippen LogP contribution is 2.09. The highest BCUT2D eigenvalue weighted by atomic mass is 15.0. The number of aryl methyl sites for hydroxylation is 1. The van der Waals surface area contributed by atoms with Crippen molar-refractivity contribution in [3.8, 4) is 0 Å². The van der Waals surface area contributed by atoms with E-state index in [0.29, 0.717) is 0 Å². The Morgan fingerprint density at radius 2 is 1.88 bits per heavy atom. The highest BCUT2D eigenvalue weighted by molar-refractivity contribution is 5.22. The lowest BCUT2D eigenvalue weighted by molar-refractivity contribution is 0.694. The van der Waals surface area contributed by atoms with Crippen molar-refractivity contribution in [2.24, 2.45) is 0 Å². The van der Waals surface area contributed by atoms with Crippen LogP contribution in [0.3, 0.4) is 0 Å². The van der Waals surface area contributed by atoms with E-state index in [2.05, 4.69) is 59.4 Å². The molecule has 0 atom stereocenters. The van der Waals surface area contributed by atoms with Gasteiger partial charge in [0, 0.05) is 25.0 Å². The van der Waals surface area contributed by atoms with Gasteiger partial charge < -0.3 is 9.88 Å². The van der Waals surface area contributed by atoms with Gasteiger partial charge in [-0.1, -0.05) is 29.8 Å². The Labute approximate surface area is 96.9 Å². The van der Waals surface area contributed by atoms with Crippen LogP contribution in [-0.4, -0.2) is 11.6 Å². The third-order valence-corrected chi connectivity index (χ3v) is 2.75. The van der Waals surface area contributed by atoms with E-state index in [1.54, 1.807) is 0 Å². The lowest BCUT2D eigenvalue weighted by Crippen LogP contribution is -2.11. The molecule has 1 N–H and O–H groups in total. The molecule has 2 nitrogen and oxygen atoms in total. The fourth-order valence-corrected chi connectivity index (χ4v) is 1.84. The normalized spacial score (nSPS) is 10.6. The average Bonchev–Trinajstić information content (AvgIpc) is 2.70. The molecule has 0 spiro atoms. The number of nitrogens with one attached hydrogen (secondary N) is 1. The molecule has 1 aromatic carbocycles. The van der Waals surface area contributed by atoms with E-state index >= 15 is 0 Å². The Hall–Kier alpha value is -1.54. The first kappa shape index (κ1) is 11.0. The number of hydrogen-bond donors (Lipinski definition) is 1. The lowest BCUT2D eigenvalue weighted by Gasteiger charge is -2.09. The van der Waals surface area contributed by atoms with Crippen molar-refractivity contribution in [1.29, 1.82) is 0 Å². The Bertz CT molecular complexity index is 440. The molecule has 0 saturated heterocycles. The predicted octanol–water partition coefficient (Wildman–Crippen LogP) is 2.56. The molecule has 0 saturated carbocycles. The molecular formula is C14H18N2. The van der Waals surface area contributed by atoms with Crippen molar-refractivity contribution in [3.63, 3.8) is 0 Å². The predicted molar refractivity (Wildman–Crippen MR) is 67.5 cm³/mol. The molecule has 84 valence electrons. The molecule has 2 aromatic rings. The van der Waals surface area contributed by atoms with Crippen LogP contribution in [0, 0.1) is 6.92 Å². The van der Waals surface area contributed by atoms with Crippen molar-refractivity contribution in [2.45, 2.75) is 20.0 Å². The van der Waals surface area contributed by atoms with Gasteiger partial charge in [-0.15, -0.1) is 0 Å². The molecule has 0 aliphatic heterocycles.